The molecule has 6 rings (SSSR count). The van der Waals surface area contributed by atoms with Crippen molar-refractivity contribution >= 4 is 91.6 Å². The van der Waals surface area contributed by atoms with Crippen molar-refractivity contribution < 1.29 is 52.1 Å². The van der Waals surface area contributed by atoms with Crippen molar-refractivity contribution in [2.24, 2.45) is 8.73 Å². The number of rotatable bonds is 8. The van der Waals surface area contributed by atoms with E-state index in [2.05, 4.69) is 54.6 Å². The molecule has 6 heterocycles. The van der Waals surface area contributed by atoms with E-state index in [0.29, 0.717) is 31.8 Å². The minimum atomic E-state index is -4.51. The molecule has 0 aliphatic heterocycles. The average Bonchev–Trinajstić information content (AvgIpc) is 3.27. The number of nitrogens with one attached hydrogen (secondary N) is 1. The van der Waals surface area contributed by atoms with E-state index in [9.17, 15) is 52.1 Å². The third kappa shape index (κ3) is 19.2. The fourth-order valence-electron chi connectivity index (χ4n) is 4.94. The molecule has 6 aromatic heterocycles. The molecule has 0 fully saturated rings. The summed E-state index contributed by atoms with van der Waals surface area (Å²) in [6.45, 7) is 4.76. The van der Waals surface area contributed by atoms with Gasteiger partial charge in [0.15, 0.2) is 11.6 Å². The summed E-state index contributed by atoms with van der Waals surface area (Å²) < 4.78 is 165. The SMILES string of the molecule is CC(c1ccc(C(F)(F)F)nc1)S(C)(=N)=O.CC(c1ccc(C(F)(F)F)nc1)S(C)(=O)=Nc1ccc(Cl)cn1.CC(c1ccc(C(F)(F)F)nc1)S(C)(=O)=Nc1ccc(Cl)cn1.Clc1ccc(Br)nc1. The maximum absolute atomic E-state index is 12.7. The Kier molecular flexibility index (Phi) is 21.1. The summed E-state index contributed by atoms with van der Waals surface area (Å²) in [5, 5.41) is -0.363. The van der Waals surface area contributed by atoms with Crippen molar-refractivity contribution in [3.05, 3.63) is 163 Å². The zero-order valence-electron chi connectivity index (χ0n) is 37.1. The molecule has 0 aliphatic rings. The van der Waals surface area contributed by atoms with Crippen LogP contribution in [-0.2, 0) is 47.7 Å². The van der Waals surface area contributed by atoms with Crippen LogP contribution in [0.2, 0.25) is 15.1 Å². The molecule has 6 aromatic rings. The van der Waals surface area contributed by atoms with Crippen LogP contribution in [0.4, 0.5) is 51.1 Å². The van der Waals surface area contributed by atoms with Gasteiger partial charge in [-0.3, -0.25) is 19.7 Å². The van der Waals surface area contributed by atoms with E-state index in [1.165, 1.54) is 68.4 Å². The molecule has 0 aliphatic carbocycles. The summed E-state index contributed by atoms with van der Waals surface area (Å²) in [7, 11) is -8.38. The topological polar surface area (TPSA) is 177 Å². The molecule has 12 nitrogen and oxygen atoms in total. The maximum Gasteiger partial charge on any atom is 0.433 e. The predicted octanol–water partition coefficient (Wildman–Crippen LogP) is 14.6. The molecule has 6 unspecified atom stereocenters. The first-order valence-electron chi connectivity index (χ1n) is 19.3. The number of hydrogen-bond acceptors (Lipinski definition) is 12. The van der Waals surface area contributed by atoms with Crippen LogP contribution in [-0.4, -0.2) is 61.3 Å². The minimum absolute atomic E-state index is 0.244. The summed E-state index contributed by atoms with van der Waals surface area (Å²) in [6, 6.07) is 16.0. The Balaban J connectivity index is 0.000000260. The molecule has 380 valence electrons. The van der Waals surface area contributed by atoms with Crippen LogP contribution in [0.3, 0.4) is 0 Å². The van der Waals surface area contributed by atoms with E-state index >= 15 is 0 Å². The van der Waals surface area contributed by atoms with Crippen molar-refractivity contribution in [1.29, 1.82) is 4.78 Å². The number of hydrogen-bond donors (Lipinski definition) is 1. The summed E-state index contributed by atoms with van der Waals surface area (Å²) in [5.74, 6) is 0.488. The highest BCUT2D eigenvalue weighted by Crippen LogP contribution is 2.33. The highest BCUT2D eigenvalue weighted by molar-refractivity contribution is 9.10. The fraction of sp³-hybridized carbons (Fsp3) is 0.286. The van der Waals surface area contributed by atoms with Gasteiger partial charge >= 0.3 is 18.5 Å². The Morgan fingerprint density at radius 2 is 0.771 bits per heavy atom. The van der Waals surface area contributed by atoms with E-state index in [-0.39, 0.29) is 11.6 Å². The quantitative estimate of drug-likeness (QED) is 0.115. The minimum Gasteiger partial charge on any atom is -0.253 e. The lowest BCUT2D eigenvalue weighted by atomic mass is 10.2. The highest BCUT2D eigenvalue weighted by Gasteiger charge is 2.34. The van der Waals surface area contributed by atoms with E-state index < -0.39 is 80.5 Å². The predicted molar refractivity (Wildman–Crippen MR) is 257 cm³/mol. The summed E-state index contributed by atoms with van der Waals surface area (Å²) >= 11 is 20.1. The van der Waals surface area contributed by atoms with Gasteiger partial charge in [-0.25, -0.2) is 27.6 Å². The van der Waals surface area contributed by atoms with Crippen LogP contribution >= 0.6 is 50.7 Å². The zero-order chi connectivity index (χ0) is 53.0. The lowest BCUT2D eigenvalue weighted by Gasteiger charge is -2.14. The summed E-state index contributed by atoms with van der Waals surface area (Å²) in [5.41, 5.74) is -1.79. The molecule has 0 spiro atoms. The van der Waals surface area contributed by atoms with Crippen LogP contribution in [0.25, 0.3) is 0 Å². The van der Waals surface area contributed by atoms with Gasteiger partial charge in [0.2, 0.25) is 0 Å². The molecule has 28 heteroatoms. The first-order chi connectivity index (χ1) is 32.1. The van der Waals surface area contributed by atoms with Gasteiger partial charge in [0.25, 0.3) is 0 Å². The van der Waals surface area contributed by atoms with Gasteiger partial charge in [0.05, 0.1) is 50.3 Å². The van der Waals surface area contributed by atoms with Gasteiger partial charge in [-0.05, 0) is 108 Å². The first kappa shape index (κ1) is 59.8. The number of aromatic nitrogens is 6. The molecule has 0 saturated carbocycles. The van der Waals surface area contributed by atoms with Crippen LogP contribution in [0.5, 0.6) is 0 Å². The van der Waals surface area contributed by atoms with Crippen molar-refractivity contribution in [3.63, 3.8) is 0 Å². The number of nitrogens with zero attached hydrogens (tertiary/aromatic N) is 8. The van der Waals surface area contributed by atoms with E-state index in [1.54, 1.807) is 44.3 Å². The molecule has 6 atom stereocenters. The molecule has 70 heavy (non-hydrogen) atoms. The van der Waals surface area contributed by atoms with Gasteiger partial charge in [-0.2, -0.15) is 48.2 Å². The summed E-state index contributed by atoms with van der Waals surface area (Å²) in [6.07, 6.45) is -1.90. The second kappa shape index (κ2) is 24.7. The van der Waals surface area contributed by atoms with Crippen LogP contribution in [0.1, 0.15) is 70.3 Å². The number of alkyl halides is 9. The molecular weight excluding hydrogens is 1130 g/mol. The summed E-state index contributed by atoms with van der Waals surface area (Å²) in [4.78, 5) is 21.8. The highest BCUT2D eigenvalue weighted by atomic mass is 79.9. The Morgan fingerprint density at radius 1 is 0.471 bits per heavy atom. The van der Waals surface area contributed by atoms with E-state index in [1.807, 2.05) is 0 Å². The third-order valence-electron chi connectivity index (χ3n) is 9.29. The van der Waals surface area contributed by atoms with Crippen molar-refractivity contribution in [3.8, 4) is 0 Å². The second-order valence-corrected chi connectivity index (χ2v) is 24.5. The van der Waals surface area contributed by atoms with Crippen LogP contribution in [0.15, 0.2) is 123 Å². The average molecular weight is 1170 g/mol. The monoisotopic (exact) mass is 1170 g/mol. The Morgan fingerprint density at radius 3 is 0.986 bits per heavy atom. The fourth-order valence-corrected chi connectivity index (χ4v) is 8.73. The van der Waals surface area contributed by atoms with Crippen molar-refractivity contribution in [1.82, 2.24) is 29.9 Å². The molecule has 0 amide bonds. The molecular formula is C42H40BrCl3F9N9O3S3. The third-order valence-corrected chi connectivity index (χ3v) is 16.3. The maximum atomic E-state index is 12.7. The van der Waals surface area contributed by atoms with Gasteiger partial charge in [-0.15, -0.1) is 0 Å². The molecule has 0 saturated heterocycles. The molecule has 1 N–H and O–H groups in total. The normalized spacial score (nSPS) is 15.5. The Bertz CT molecular complexity index is 2860. The smallest absolute Gasteiger partial charge is 0.253 e. The number of halogens is 13. The van der Waals surface area contributed by atoms with E-state index in [0.717, 1.165) is 41.4 Å². The second-order valence-electron chi connectivity index (χ2n) is 14.6. The van der Waals surface area contributed by atoms with Gasteiger partial charge in [0, 0.05) is 65.7 Å². The van der Waals surface area contributed by atoms with E-state index in [4.69, 9.17) is 39.6 Å². The lowest BCUT2D eigenvalue weighted by molar-refractivity contribution is -0.142. The molecule has 0 radical (unpaired) electrons. The molecule has 0 aromatic carbocycles. The molecule has 0 bridgehead atoms. The lowest BCUT2D eigenvalue weighted by Crippen LogP contribution is -2.11. The Hall–Kier alpha value is -4.53. The van der Waals surface area contributed by atoms with Gasteiger partial charge < -0.3 is 0 Å². The van der Waals surface area contributed by atoms with Crippen LogP contribution in [0, 0.1) is 4.78 Å². The van der Waals surface area contributed by atoms with Crippen molar-refractivity contribution in [2.75, 3.05) is 18.8 Å². The zero-order valence-corrected chi connectivity index (χ0v) is 43.4. The number of pyridine rings is 6. The Labute approximate surface area is 421 Å². The van der Waals surface area contributed by atoms with Gasteiger partial charge in [-0.1, -0.05) is 53.0 Å². The van der Waals surface area contributed by atoms with Crippen LogP contribution < -0.4 is 0 Å². The largest absolute Gasteiger partial charge is 0.433 e. The standard InChI is InChI=1S/2C14H13ClF3N3OS.C9H11F3N2OS.C5H3BrClN/c2*1-9(10-3-5-12(19-7-10)14(16,17)18)23(2,22)21-13-6-4-11(15)8-20-13;1-6(16(2,13)15)7-3-4-8(14-5-7)9(10,11)12;6-5-2-1-4(7)3-8-5/h2*3-9H,1-2H3;3-6,13H,1-2H3;1-3H. The van der Waals surface area contributed by atoms with Crippen molar-refractivity contribution in [2.45, 2.75) is 55.0 Å². The van der Waals surface area contributed by atoms with Gasteiger partial charge in [0.1, 0.15) is 21.7 Å². The first-order valence-corrected chi connectivity index (χ1v) is 27.3.